The Morgan fingerprint density at radius 1 is 1.47 bits per heavy atom. The number of anilines is 1. The van der Waals surface area contributed by atoms with Crippen molar-refractivity contribution in [1.29, 1.82) is 0 Å². The minimum absolute atomic E-state index is 0.572. The molecule has 1 aromatic heterocycles. The van der Waals surface area contributed by atoms with Gasteiger partial charge in [-0.3, -0.25) is 5.43 Å². The van der Waals surface area contributed by atoms with Gasteiger partial charge in [-0.05, 0) is 31.0 Å². The Balaban J connectivity index is 2.28. The van der Waals surface area contributed by atoms with Gasteiger partial charge in [0.2, 0.25) is 5.95 Å². The van der Waals surface area contributed by atoms with Crippen LogP contribution in [0.1, 0.15) is 18.9 Å². The van der Waals surface area contributed by atoms with Crippen LogP contribution in [0, 0.1) is 0 Å². The largest absolute Gasteiger partial charge is 0.306 e. The monoisotopic (exact) mass is 266 g/mol. The minimum atomic E-state index is 0.572. The zero-order chi connectivity index (χ0) is 10.4. The Morgan fingerprint density at radius 3 is 2.93 bits per heavy atom. The second kappa shape index (κ2) is 3.21. The third-order valence-corrected chi connectivity index (χ3v) is 3.19. The smallest absolute Gasteiger partial charge is 0.218 e. The van der Waals surface area contributed by atoms with Crippen molar-refractivity contribution in [2.24, 2.45) is 5.84 Å². The maximum Gasteiger partial charge on any atom is 0.218 e. The Kier molecular flexibility index (Phi) is 1.97. The van der Waals surface area contributed by atoms with Crippen LogP contribution in [0.4, 0.5) is 5.95 Å². The van der Waals surface area contributed by atoms with E-state index in [1.165, 1.54) is 12.8 Å². The van der Waals surface area contributed by atoms with Gasteiger partial charge in [0, 0.05) is 10.5 Å². The Morgan fingerprint density at radius 2 is 2.27 bits per heavy atom. The van der Waals surface area contributed by atoms with Gasteiger partial charge in [0.1, 0.15) is 0 Å². The molecule has 78 valence electrons. The number of nitrogens with zero attached hydrogens (tertiary/aromatic N) is 2. The van der Waals surface area contributed by atoms with Crippen molar-refractivity contribution in [3.05, 3.63) is 22.7 Å². The lowest BCUT2D eigenvalue weighted by molar-refractivity contribution is 0.770. The Labute approximate surface area is 95.6 Å². The summed E-state index contributed by atoms with van der Waals surface area (Å²) in [5.74, 6) is 6.23. The highest BCUT2D eigenvalue weighted by Gasteiger charge is 2.27. The van der Waals surface area contributed by atoms with E-state index in [9.17, 15) is 0 Å². The molecule has 0 bridgehead atoms. The zero-order valence-corrected chi connectivity index (χ0v) is 9.66. The molecule has 0 atom stereocenters. The predicted octanol–water partition coefficient (Wildman–Crippen LogP) is 2.42. The van der Waals surface area contributed by atoms with Crippen LogP contribution in [0.2, 0.25) is 0 Å². The van der Waals surface area contributed by atoms with E-state index in [1.54, 1.807) is 0 Å². The second-order valence-corrected chi connectivity index (χ2v) is 4.73. The molecule has 0 unspecified atom stereocenters. The number of hydrogen-bond donors (Lipinski definition) is 2. The van der Waals surface area contributed by atoms with E-state index >= 15 is 0 Å². The van der Waals surface area contributed by atoms with Crippen molar-refractivity contribution < 1.29 is 0 Å². The first kappa shape index (κ1) is 9.18. The number of nitrogens with two attached hydrogens (primary N) is 1. The lowest BCUT2D eigenvalue weighted by Crippen LogP contribution is -2.12. The van der Waals surface area contributed by atoms with Crippen LogP contribution in [0.25, 0.3) is 11.0 Å². The first-order valence-electron chi connectivity index (χ1n) is 4.93. The molecule has 0 radical (unpaired) electrons. The number of aromatic nitrogens is 2. The van der Waals surface area contributed by atoms with Gasteiger partial charge in [-0.25, -0.2) is 10.8 Å². The van der Waals surface area contributed by atoms with Crippen molar-refractivity contribution in [3.63, 3.8) is 0 Å². The van der Waals surface area contributed by atoms with Crippen molar-refractivity contribution >= 4 is 32.9 Å². The van der Waals surface area contributed by atoms with E-state index in [1.807, 2.05) is 12.1 Å². The molecule has 5 heteroatoms. The van der Waals surface area contributed by atoms with E-state index in [4.69, 9.17) is 5.84 Å². The third kappa shape index (κ3) is 1.42. The van der Waals surface area contributed by atoms with Crippen LogP contribution in [0.5, 0.6) is 0 Å². The summed E-state index contributed by atoms with van der Waals surface area (Å²) in [4.78, 5) is 4.45. The highest BCUT2D eigenvalue weighted by Crippen LogP contribution is 2.40. The van der Waals surface area contributed by atoms with E-state index in [0.717, 1.165) is 21.5 Å². The van der Waals surface area contributed by atoms with Gasteiger partial charge in [-0.1, -0.05) is 15.9 Å². The molecule has 3 N–H and O–H groups in total. The number of hydrazine groups is 1. The molecule has 1 heterocycles. The van der Waals surface area contributed by atoms with Crippen LogP contribution in [0.15, 0.2) is 22.7 Å². The first-order valence-corrected chi connectivity index (χ1v) is 5.73. The van der Waals surface area contributed by atoms with Gasteiger partial charge < -0.3 is 4.57 Å². The van der Waals surface area contributed by atoms with Crippen LogP contribution >= 0.6 is 15.9 Å². The predicted molar refractivity (Wildman–Crippen MR) is 63.5 cm³/mol. The van der Waals surface area contributed by atoms with Gasteiger partial charge in [-0.15, -0.1) is 0 Å². The maximum absolute atomic E-state index is 5.47. The number of imidazole rings is 1. The van der Waals surface area contributed by atoms with Crippen LogP contribution in [-0.4, -0.2) is 9.55 Å². The fraction of sp³-hybridized carbons (Fsp3) is 0.300. The molecular weight excluding hydrogens is 256 g/mol. The number of fused-ring (bicyclic) bond motifs is 1. The Hall–Kier alpha value is -1.07. The molecule has 0 saturated heterocycles. The lowest BCUT2D eigenvalue weighted by Gasteiger charge is -2.05. The molecule has 1 aromatic carbocycles. The van der Waals surface area contributed by atoms with Gasteiger partial charge >= 0.3 is 0 Å². The van der Waals surface area contributed by atoms with Crippen LogP contribution < -0.4 is 11.3 Å². The second-order valence-electron chi connectivity index (χ2n) is 3.81. The third-order valence-electron chi connectivity index (χ3n) is 2.69. The summed E-state index contributed by atoms with van der Waals surface area (Å²) in [5.41, 5.74) is 4.79. The summed E-state index contributed by atoms with van der Waals surface area (Å²) in [6.45, 7) is 0. The molecule has 3 rings (SSSR count). The van der Waals surface area contributed by atoms with E-state index in [2.05, 4.69) is 37.0 Å². The summed E-state index contributed by atoms with van der Waals surface area (Å²) < 4.78 is 3.22. The van der Waals surface area contributed by atoms with Gasteiger partial charge in [0.25, 0.3) is 0 Å². The summed E-state index contributed by atoms with van der Waals surface area (Å²) in [5, 5.41) is 0. The van der Waals surface area contributed by atoms with Crippen molar-refractivity contribution in [2.45, 2.75) is 18.9 Å². The average molecular weight is 267 g/mol. The Bertz CT molecular complexity index is 515. The maximum atomic E-state index is 5.47. The highest BCUT2D eigenvalue weighted by molar-refractivity contribution is 9.10. The van der Waals surface area contributed by atoms with E-state index in [-0.39, 0.29) is 0 Å². The van der Waals surface area contributed by atoms with Gasteiger partial charge in [0.15, 0.2) is 0 Å². The van der Waals surface area contributed by atoms with Crippen molar-refractivity contribution in [2.75, 3.05) is 5.43 Å². The standard InChI is InChI=1S/C10H11BrN4/c11-6-1-4-9-8(5-6)13-10(14-12)15(9)7-2-3-7/h1,4-5,7H,2-3,12H2,(H,13,14). The first-order chi connectivity index (χ1) is 7.29. The van der Waals surface area contributed by atoms with E-state index < -0.39 is 0 Å². The number of nitrogens with one attached hydrogen (secondary N) is 1. The van der Waals surface area contributed by atoms with Crippen LogP contribution in [-0.2, 0) is 0 Å². The number of halogens is 1. The normalized spacial score (nSPS) is 15.9. The summed E-state index contributed by atoms with van der Waals surface area (Å²) in [6, 6.07) is 6.69. The quantitative estimate of drug-likeness (QED) is 0.649. The van der Waals surface area contributed by atoms with Crippen molar-refractivity contribution in [1.82, 2.24) is 9.55 Å². The number of nitrogen functional groups attached to an aromatic ring is 1. The molecule has 1 aliphatic rings. The number of hydrogen-bond acceptors (Lipinski definition) is 3. The number of benzene rings is 1. The minimum Gasteiger partial charge on any atom is -0.306 e. The van der Waals surface area contributed by atoms with Gasteiger partial charge in [-0.2, -0.15) is 0 Å². The summed E-state index contributed by atoms with van der Waals surface area (Å²) in [7, 11) is 0. The molecule has 1 saturated carbocycles. The summed E-state index contributed by atoms with van der Waals surface area (Å²) in [6.07, 6.45) is 2.44. The fourth-order valence-corrected chi connectivity index (χ4v) is 2.23. The molecule has 15 heavy (non-hydrogen) atoms. The molecule has 0 amide bonds. The molecule has 0 spiro atoms. The van der Waals surface area contributed by atoms with E-state index in [0.29, 0.717) is 6.04 Å². The van der Waals surface area contributed by atoms with Crippen molar-refractivity contribution in [3.8, 4) is 0 Å². The van der Waals surface area contributed by atoms with Gasteiger partial charge in [0.05, 0.1) is 11.0 Å². The summed E-state index contributed by atoms with van der Waals surface area (Å²) >= 11 is 3.44. The lowest BCUT2D eigenvalue weighted by atomic mass is 10.3. The molecule has 1 aliphatic carbocycles. The molecular formula is C10H11BrN4. The molecule has 0 aliphatic heterocycles. The van der Waals surface area contributed by atoms with Crippen LogP contribution in [0.3, 0.4) is 0 Å². The number of rotatable bonds is 2. The molecule has 1 fully saturated rings. The average Bonchev–Trinajstić information content (AvgIpc) is 2.99. The molecule has 2 aromatic rings. The fourth-order valence-electron chi connectivity index (χ4n) is 1.88. The zero-order valence-electron chi connectivity index (χ0n) is 8.07. The topological polar surface area (TPSA) is 55.9 Å². The molecule has 4 nitrogen and oxygen atoms in total. The SMILES string of the molecule is NNc1nc2cc(Br)ccc2n1C1CC1. The highest BCUT2D eigenvalue weighted by atomic mass is 79.9.